The van der Waals surface area contributed by atoms with Crippen LogP contribution in [0, 0.1) is 0 Å². The molecule has 0 amide bonds. The fraction of sp³-hybridized carbons (Fsp3) is 0.538. The number of hydrogen-bond acceptors (Lipinski definition) is 7. The highest BCUT2D eigenvalue weighted by atomic mass is 31.2. The van der Waals surface area contributed by atoms with Crippen LogP contribution in [0.5, 0.6) is 11.5 Å². The SMILES string of the molecule is CC(C)c1cc(-c2cc(C(C)C)c(OCOP(O)O)c(C(C)C)c2)cc(C(C)C)c1OCOP[O-]. The van der Waals surface area contributed by atoms with E-state index in [1.807, 2.05) is 0 Å². The van der Waals surface area contributed by atoms with Crippen LogP contribution in [-0.2, 0) is 9.05 Å². The van der Waals surface area contributed by atoms with Crippen LogP contribution in [0.1, 0.15) is 101 Å². The molecule has 0 saturated heterocycles. The van der Waals surface area contributed by atoms with Gasteiger partial charge in [0, 0.05) is 0 Å². The van der Waals surface area contributed by atoms with E-state index in [1.54, 1.807) is 0 Å². The fourth-order valence-corrected chi connectivity index (χ4v) is 4.23. The van der Waals surface area contributed by atoms with E-state index in [-0.39, 0.29) is 37.3 Å². The van der Waals surface area contributed by atoms with E-state index in [9.17, 15) is 4.89 Å². The molecule has 196 valence electrons. The first-order valence-electron chi connectivity index (χ1n) is 11.9. The van der Waals surface area contributed by atoms with Crippen molar-refractivity contribution in [3.63, 3.8) is 0 Å². The van der Waals surface area contributed by atoms with E-state index in [0.29, 0.717) is 0 Å². The Morgan fingerprint density at radius 3 is 1.31 bits per heavy atom. The Morgan fingerprint density at radius 1 is 0.686 bits per heavy atom. The largest absolute Gasteiger partial charge is 0.810 e. The summed E-state index contributed by atoms with van der Waals surface area (Å²) in [6, 6.07) is 8.59. The molecule has 0 bridgehead atoms. The van der Waals surface area contributed by atoms with Crippen LogP contribution in [0.4, 0.5) is 0 Å². The van der Waals surface area contributed by atoms with Crippen molar-refractivity contribution in [1.82, 2.24) is 0 Å². The molecule has 0 aliphatic carbocycles. The summed E-state index contributed by atoms with van der Waals surface area (Å²) < 4.78 is 21.7. The highest BCUT2D eigenvalue weighted by molar-refractivity contribution is 7.39. The second kappa shape index (κ2) is 13.9. The average molecular weight is 526 g/mol. The van der Waals surface area contributed by atoms with E-state index >= 15 is 0 Å². The second-order valence-electron chi connectivity index (χ2n) is 9.72. The molecule has 7 nitrogen and oxygen atoms in total. The van der Waals surface area contributed by atoms with Crippen molar-refractivity contribution < 1.29 is 33.2 Å². The van der Waals surface area contributed by atoms with Gasteiger partial charge in [-0.1, -0.05) is 64.4 Å². The highest BCUT2D eigenvalue weighted by Crippen LogP contribution is 2.43. The molecular formula is C26H39O7P2-. The molecule has 0 aliphatic rings. The predicted molar refractivity (Wildman–Crippen MR) is 141 cm³/mol. The lowest BCUT2D eigenvalue weighted by Crippen LogP contribution is -2.08. The summed E-state index contributed by atoms with van der Waals surface area (Å²) in [5, 5.41) is 0. The maximum Gasteiger partial charge on any atom is 0.330 e. The quantitative estimate of drug-likeness (QED) is 0.172. The van der Waals surface area contributed by atoms with Crippen molar-refractivity contribution in [1.29, 1.82) is 0 Å². The molecule has 0 aromatic heterocycles. The molecule has 2 aromatic rings. The predicted octanol–water partition coefficient (Wildman–Crippen LogP) is 6.63. The maximum atomic E-state index is 10.8. The van der Waals surface area contributed by atoms with E-state index in [0.717, 1.165) is 44.9 Å². The molecule has 1 atom stereocenters. The van der Waals surface area contributed by atoms with Gasteiger partial charge in [0.1, 0.15) is 11.5 Å². The molecule has 0 aliphatic heterocycles. The molecule has 0 spiro atoms. The van der Waals surface area contributed by atoms with E-state index in [4.69, 9.17) is 28.3 Å². The number of hydrogen-bond donors (Lipinski definition) is 2. The van der Waals surface area contributed by atoms with Gasteiger partial charge in [0.25, 0.3) is 0 Å². The number of benzene rings is 2. The Morgan fingerprint density at radius 2 is 1.03 bits per heavy atom. The Hall–Kier alpha value is -1.30. The van der Waals surface area contributed by atoms with Crippen molar-refractivity contribution >= 4 is 17.6 Å². The summed E-state index contributed by atoms with van der Waals surface area (Å²) in [6.07, 6.45) is 0. The van der Waals surface area contributed by atoms with Crippen LogP contribution in [0.2, 0.25) is 0 Å². The molecule has 9 heteroatoms. The van der Waals surface area contributed by atoms with Crippen LogP contribution in [0.3, 0.4) is 0 Å². The molecule has 2 rings (SSSR count). The zero-order chi connectivity index (χ0) is 26.3. The Labute approximate surface area is 212 Å². The smallest absolute Gasteiger partial charge is 0.330 e. The van der Waals surface area contributed by atoms with Crippen molar-refractivity contribution in [2.24, 2.45) is 0 Å². The van der Waals surface area contributed by atoms with Crippen LogP contribution in [0.25, 0.3) is 11.1 Å². The zero-order valence-electron chi connectivity index (χ0n) is 21.9. The number of ether oxygens (including phenoxy) is 2. The third-order valence-corrected chi connectivity index (χ3v) is 6.38. The Bertz CT molecular complexity index is 901. The van der Waals surface area contributed by atoms with Gasteiger partial charge in [0.05, 0.1) is 0 Å². The molecule has 0 saturated carbocycles. The summed E-state index contributed by atoms with van der Waals surface area (Å²) in [6.45, 7) is 16.6. The average Bonchev–Trinajstić information content (AvgIpc) is 2.78. The maximum absolute atomic E-state index is 10.8. The van der Waals surface area contributed by atoms with Gasteiger partial charge in [-0.15, -0.1) is 0 Å². The monoisotopic (exact) mass is 525 g/mol. The van der Waals surface area contributed by atoms with E-state index in [2.05, 4.69) is 79.7 Å². The highest BCUT2D eigenvalue weighted by Gasteiger charge is 2.22. The number of rotatable bonds is 13. The Kier molecular flexibility index (Phi) is 11.8. The van der Waals surface area contributed by atoms with Crippen molar-refractivity contribution in [2.75, 3.05) is 13.6 Å². The fourth-order valence-electron chi connectivity index (χ4n) is 3.98. The molecule has 1 unspecified atom stereocenters. The minimum absolute atomic E-state index is 0.0618. The molecule has 35 heavy (non-hydrogen) atoms. The van der Waals surface area contributed by atoms with Gasteiger partial charge < -0.3 is 28.7 Å². The molecule has 0 radical (unpaired) electrons. The lowest BCUT2D eigenvalue weighted by molar-refractivity contribution is -0.173. The standard InChI is InChI=1S/C26H39O7P2/c1-15(2)21-9-19(10-22(16(3)4)25(21)30-13-32-34-27)20-11-23(17(5)6)26(24(12-20)18(7)8)31-14-33-35(28)29/h9-12,15-18,28-29,34H,13-14H2,1-8H3/q-1. The summed E-state index contributed by atoms with van der Waals surface area (Å²) in [4.78, 5) is 29.0. The van der Waals surface area contributed by atoms with Crippen molar-refractivity contribution in [3.8, 4) is 22.6 Å². The zero-order valence-corrected chi connectivity index (χ0v) is 23.8. The van der Waals surface area contributed by atoms with Crippen LogP contribution in [-0.4, -0.2) is 23.4 Å². The van der Waals surface area contributed by atoms with E-state index < -0.39 is 17.6 Å². The molecule has 2 aromatic carbocycles. The van der Waals surface area contributed by atoms with Gasteiger partial charge in [0.15, 0.2) is 13.6 Å². The van der Waals surface area contributed by atoms with Crippen molar-refractivity contribution in [3.05, 3.63) is 46.5 Å². The van der Waals surface area contributed by atoms with Crippen LogP contribution in [0.15, 0.2) is 24.3 Å². The van der Waals surface area contributed by atoms with Gasteiger partial charge in [0.2, 0.25) is 0 Å². The minimum Gasteiger partial charge on any atom is -0.810 e. The van der Waals surface area contributed by atoms with Gasteiger partial charge in [-0.25, -0.2) is 0 Å². The first-order chi connectivity index (χ1) is 16.5. The molecule has 2 N–H and O–H groups in total. The normalized spacial score (nSPS) is 12.3. The summed E-state index contributed by atoms with van der Waals surface area (Å²) in [5.74, 6) is 2.27. The topological polar surface area (TPSA) is 100 Å². The van der Waals surface area contributed by atoms with Crippen LogP contribution < -0.4 is 14.4 Å². The summed E-state index contributed by atoms with van der Waals surface area (Å²) in [5.41, 5.74) is 6.33. The lowest BCUT2D eigenvalue weighted by Gasteiger charge is -2.24. The minimum atomic E-state index is -2.48. The van der Waals surface area contributed by atoms with Gasteiger partial charge in [-0.2, -0.15) is 0 Å². The van der Waals surface area contributed by atoms with E-state index in [1.165, 1.54) is 0 Å². The first-order valence-corrected chi connectivity index (χ1v) is 13.9. The third-order valence-electron chi connectivity index (χ3n) is 5.81. The van der Waals surface area contributed by atoms with Gasteiger partial charge >= 0.3 is 8.60 Å². The summed E-state index contributed by atoms with van der Waals surface area (Å²) in [7, 11) is -3.35. The lowest BCUT2D eigenvalue weighted by atomic mass is 9.86. The first kappa shape index (κ1) is 29.9. The molecule has 0 heterocycles. The van der Waals surface area contributed by atoms with Crippen molar-refractivity contribution in [2.45, 2.75) is 79.1 Å². The second-order valence-corrected chi connectivity index (χ2v) is 10.9. The van der Waals surface area contributed by atoms with Gasteiger partial charge in [-0.3, -0.25) is 4.52 Å². The molecular weight excluding hydrogens is 486 g/mol. The van der Waals surface area contributed by atoms with Gasteiger partial charge in [-0.05, 0) is 81.3 Å². The summed E-state index contributed by atoms with van der Waals surface area (Å²) >= 11 is 0. The molecule has 0 fully saturated rings. The van der Waals surface area contributed by atoms with Crippen LogP contribution >= 0.6 is 17.6 Å². The third kappa shape index (κ3) is 8.10. The Balaban J connectivity index is 2.69.